The maximum absolute atomic E-state index is 12.1. The first kappa shape index (κ1) is 13.2. The van der Waals surface area contributed by atoms with Crippen molar-refractivity contribution >= 4 is 17.3 Å². The molecule has 0 saturated carbocycles. The molecule has 3 N–H and O–H groups in total. The maximum Gasteiger partial charge on any atom is 0.259 e. The summed E-state index contributed by atoms with van der Waals surface area (Å²) in [5.41, 5.74) is 8.96. The number of hydrogen-bond acceptors (Lipinski definition) is 3. The van der Waals surface area contributed by atoms with Crippen molar-refractivity contribution in [3.8, 4) is 0 Å². The molecule has 0 radical (unpaired) electrons. The molecular formula is C15H18N2O2. The van der Waals surface area contributed by atoms with Gasteiger partial charge < -0.3 is 15.5 Å². The van der Waals surface area contributed by atoms with Crippen LogP contribution >= 0.6 is 0 Å². The van der Waals surface area contributed by atoms with Crippen LogP contribution in [0.3, 0.4) is 0 Å². The highest BCUT2D eigenvalue weighted by atomic mass is 16.3. The van der Waals surface area contributed by atoms with E-state index in [0.717, 1.165) is 12.0 Å². The molecule has 19 heavy (non-hydrogen) atoms. The van der Waals surface area contributed by atoms with Gasteiger partial charge in [-0.05, 0) is 30.2 Å². The molecule has 0 atom stereocenters. The molecule has 4 heteroatoms. The molecule has 1 heterocycles. The van der Waals surface area contributed by atoms with Gasteiger partial charge in [-0.15, -0.1) is 0 Å². The Hall–Kier alpha value is -2.23. The lowest BCUT2D eigenvalue weighted by Crippen LogP contribution is -2.13. The highest BCUT2D eigenvalue weighted by molar-refractivity contribution is 6.05. The van der Waals surface area contributed by atoms with Crippen LogP contribution in [0.25, 0.3) is 0 Å². The SMILES string of the molecule is CCc1ccc(NC(=O)c2ccoc2CC)cc1N. The third-order valence-electron chi connectivity index (χ3n) is 3.10. The van der Waals surface area contributed by atoms with Crippen molar-refractivity contribution in [1.82, 2.24) is 0 Å². The predicted molar refractivity (Wildman–Crippen MR) is 76.3 cm³/mol. The fraction of sp³-hybridized carbons (Fsp3) is 0.267. The number of hydrogen-bond donors (Lipinski definition) is 2. The quantitative estimate of drug-likeness (QED) is 0.827. The van der Waals surface area contributed by atoms with Crippen LogP contribution in [0, 0.1) is 0 Å². The first-order valence-electron chi connectivity index (χ1n) is 6.41. The average molecular weight is 258 g/mol. The lowest BCUT2D eigenvalue weighted by molar-refractivity contribution is 0.102. The molecular weight excluding hydrogens is 240 g/mol. The molecule has 2 rings (SSSR count). The normalized spacial score (nSPS) is 10.4. The molecule has 0 unspecified atom stereocenters. The molecule has 0 bridgehead atoms. The lowest BCUT2D eigenvalue weighted by atomic mass is 10.1. The standard InChI is InChI=1S/C15H18N2O2/c1-3-10-5-6-11(9-13(10)16)17-15(18)12-7-8-19-14(12)4-2/h5-9H,3-4,16H2,1-2H3,(H,17,18). The maximum atomic E-state index is 12.1. The fourth-order valence-corrected chi connectivity index (χ4v) is 2.01. The molecule has 0 aliphatic rings. The molecule has 0 saturated heterocycles. The van der Waals surface area contributed by atoms with E-state index in [2.05, 4.69) is 5.32 Å². The van der Waals surface area contributed by atoms with E-state index in [0.29, 0.717) is 29.1 Å². The summed E-state index contributed by atoms with van der Waals surface area (Å²) in [4.78, 5) is 12.1. The first-order valence-corrected chi connectivity index (χ1v) is 6.41. The van der Waals surface area contributed by atoms with E-state index in [1.165, 1.54) is 6.26 Å². The number of aryl methyl sites for hydroxylation is 2. The van der Waals surface area contributed by atoms with Gasteiger partial charge >= 0.3 is 0 Å². The molecule has 2 aromatic rings. The summed E-state index contributed by atoms with van der Waals surface area (Å²) < 4.78 is 5.25. The highest BCUT2D eigenvalue weighted by Crippen LogP contribution is 2.20. The van der Waals surface area contributed by atoms with E-state index < -0.39 is 0 Å². The van der Waals surface area contributed by atoms with Gasteiger partial charge in [0.15, 0.2) is 0 Å². The molecule has 100 valence electrons. The van der Waals surface area contributed by atoms with Crippen molar-refractivity contribution in [3.05, 3.63) is 47.4 Å². The largest absolute Gasteiger partial charge is 0.469 e. The van der Waals surface area contributed by atoms with Crippen LogP contribution in [0.4, 0.5) is 11.4 Å². The van der Waals surface area contributed by atoms with Gasteiger partial charge in [-0.1, -0.05) is 19.9 Å². The molecule has 0 aliphatic heterocycles. The summed E-state index contributed by atoms with van der Waals surface area (Å²) in [5.74, 6) is 0.518. The minimum atomic E-state index is -0.172. The number of rotatable bonds is 4. The van der Waals surface area contributed by atoms with E-state index in [1.807, 2.05) is 26.0 Å². The molecule has 0 aliphatic carbocycles. The van der Waals surface area contributed by atoms with Crippen LogP contribution in [0.15, 0.2) is 34.9 Å². The smallest absolute Gasteiger partial charge is 0.259 e. The van der Waals surface area contributed by atoms with Crippen LogP contribution in [-0.4, -0.2) is 5.91 Å². The molecule has 0 fully saturated rings. The predicted octanol–water partition coefficient (Wildman–Crippen LogP) is 3.24. The summed E-state index contributed by atoms with van der Waals surface area (Å²) in [7, 11) is 0. The van der Waals surface area contributed by atoms with Crippen molar-refractivity contribution in [3.63, 3.8) is 0 Å². The summed E-state index contributed by atoms with van der Waals surface area (Å²) >= 11 is 0. The highest BCUT2D eigenvalue weighted by Gasteiger charge is 2.13. The number of carbonyl (C=O) groups is 1. The van der Waals surface area contributed by atoms with Gasteiger partial charge in [0, 0.05) is 17.8 Å². The number of anilines is 2. The summed E-state index contributed by atoms with van der Waals surface area (Å²) in [6, 6.07) is 7.25. The Bertz CT molecular complexity index is 588. The van der Waals surface area contributed by atoms with Gasteiger partial charge in [0.25, 0.3) is 5.91 Å². The van der Waals surface area contributed by atoms with Crippen molar-refractivity contribution < 1.29 is 9.21 Å². The number of nitrogens with two attached hydrogens (primary N) is 1. The number of nitrogens with one attached hydrogen (secondary N) is 1. The zero-order valence-electron chi connectivity index (χ0n) is 11.2. The average Bonchev–Trinajstić information content (AvgIpc) is 2.87. The first-order chi connectivity index (χ1) is 9.15. The molecule has 1 aromatic carbocycles. The Morgan fingerprint density at radius 3 is 2.68 bits per heavy atom. The second-order valence-electron chi connectivity index (χ2n) is 4.33. The second kappa shape index (κ2) is 5.61. The monoisotopic (exact) mass is 258 g/mol. The fourth-order valence-electron chi connectivity index (χ4n) is 2.01. The Labute approximate surface area is 112 Å². The van der Waals surface area contributed by atoms with E-state index in [4.69, 9.17) is 10.2 Å². The Morgan fingerprint density at radius 2 is 2.05 bits per heavy atom. The van der Waals surface area contributed by atoms with Crippen molar-refractivity contribution in [1.29, 1.82) is 0 Å². The van der Waals surface area contributed by atoms with E-state index in [1.54, 1.807) is 12.1 Å². The van der Waals surface area contributed by atoms with Crippen LogP contribution in [0.2, 0.25) is 0 Å². The van der Waals surface area contributed by atoms with Crippen LogP contribution in [0.5, 0.6) is 0 Å². The topological polar surface area (TPSA) is 68.3 Å². The van der Waals surface area contributed by atoms with E-state index >= 15 is 0 Å². The van der Waals surface area contributed by atoms with Gasteiger partial charge in [-0.3, -0.25) is 4.79 Å². The third-order valence-corrected chi connectivity index (χ3v) is 3.10. The van der Waals surface area contributed by atoms with Gasteiger partial charge in [-0.25, -0.2) is 0 Å². The zero-order chi connectivity index (χ0) is 13.8. The van der Waals surface area contributed by atoms with Crippen molar-refractivity contribution in [2.45, 2.75) is 26.7 Å². The summed E-state index contributed by atoms with van der Waals surface area (Å²) in [6.07, 6.45) is 3.09. The zero-order valence-corrected chi connectivity index (χ0v) is 11.2. The van der Waals surface area contributed by atoms with Crippen LogP contribution in [-0.2, 0) is 12.8 Å². The minimum Gasteiger partial charge on any atom is -0.469 e. The summed E-state index contributed by atoms with van der Waals surface area (Å²) in [5, 5.41) is 2.83. The molecule has 4 nitrogen and oxygen atoms in total. The van der Waals surface area contributed by atoms with Crippen LogP contribution in [0.1, 0.15) is 35.5 Å². The molecule has 0 spiro atoms. The third kappa shape index (κ3) is 2.78. The van der Waals surface area contributed by atoms with Gasteiger partial charge in [0.1, 0.15) is 5.76 Å². The van der Waals surface area contributed by atoms with Crippen molar-refractivity contribution in [2.75, 3.05) is 11.1 Å². The van der Waals surface area contributed by atoms with Gasteiger partial charge in [0.05, 0.1) is 11.8 Å². The second-order valence-corrected chi connectivity index (χ2v) is 4.33. The number of nitrogen functional groups attached to an aromatic ring is 1. The Morgan fingerprint density at radius 1 is 1.26 bits per heavy atom. The number of amides is 1. The number of carbonyl (C=O) groups excluding carboxylic acids is 1. The van der Waals surface area contributed by atoms with Gasteiger partial charge in [0.2, 0.25) is 0 Å². The molecule has 1 amide bonds. The van der Waals surface area contributed by atoms with E-state index in [-0.39, 0.29) is 5.91 Å². The van der Waals surface area contributed by atoms with E-state index in [9.17, 15) is 4.79 Å². The molecule has 1 aromatic heterocycles. The lowest BCUT2D eigenvalue weighted by Gasteiger charge is -2.08. The van der Waals surface area contributed by atoms with Crippen LogP contribution < -0.4 is 11.1 Å². The Kier molecular flexibility index (Phi) is 3.90. The van der Waals surface area contributed by atoms with Gasteiger partial charge in [-0.2, -0.15) is 0 Å². The van der Waals surface area contributed by atoms with Crippen molar-refractivity contribution in [2.24, 2.45) is 0 Å². The summed E-state index contributed by atoms with van der Waals surface area (Å²) in [6.45, 7) is 3.99. The number of furan rings is 1. The minimum absolute atomic E-state index is 0.172. The Balaban J connectivity index is 2.17. The number of benzene rings is 1.